The molecule has 2 atom stereocenters. The van der Waals surface area contributed by atoms with Gasteiger partial charge in [0.15, 0.2) is 5.11 Å². The van der Waals surface area contributed by atoms with Crippen molar-refractivity contribution in [3.8, 4) is 5.75 Å². The molecule has 2 aliphatic rings. The first-order valence-corrected chi connectivity index (χ1v) is 12.5. The number of phenolic OH excluding ortho intramolecular Hbond substituents is 1. The molecule has 1 saturated heterocycles. The van der Waals surface area contributed by atoms with Crippen molar-refractivity contribution in [1.82, 2.24) is 10.3 Å². The van der Waals surface area contributed by atoms with Crippen molar-refractivity contribution in [3.05, 3.63) is 87.7 Å². The Balaban J connectivity index is 1.73. The van der Waals surface area contributed by atoms with E-state index in [1.165, 1.54) is 5.57 Å². The van der Waals surface area contributed by atoms with Crippen LogP contribution in [0.5, 0.6) is 5.75 Å². The summed E-state index contributed by atoms with van der Waals surface area (Å²) >= 11 is 19.1. The third-order valence-electron chi connectivity index (χ3n) is 6.95. The Morgan fingerprint density at radius 2 is 1.86 bits per heavy atom. The number of benzene rings is 2. The number of phenols is 1. The van der Waals surface area contributed by atoms with Gasteiger partial charge in [-0.25, -0.2) is 0 Å². The molecule has 0 spiro atoms. The predicted octanol–water partition coefficient (Wildman–Crippen LogP) is 6.90. The smallest absolute Gasteiger partial charge is 0.174 e. The zero-order valence-electron chi connectivity index (χ0n) is 19.9. The standard InChI is InChI=1S/C27H26Cl2N4OS/c1-15-14-27(2,3)32(4)21-13-19(29)18(12-17(15)21)25-24(20-7-5-6-10-30-20)31-26(35)33(25)22-11-16(28)8-9-23(22)34/h5-14,24-25,34H,1-4H3,(H,31,35)/t24-,25-/m0/s1. The highest BCUT2D eigenvalue weighted by atomic mass is 35.5. The molecule has 0 unspecified atom stereocenters. The molecule has 3 heterocycles. The molecule has 2 N–H and O–H groups in total. The van der Waals surface area contributed by atoms with E-state index in [2.05, 4.69) is 55.2 Å². The van der Waals surface area contributed by atoms with Crippen LogP contribution < -0.4 is 15.1 Å². The molecule has 1 aromatic heterocycles. The van der Waals surface area contributed by atoms with Gasteiger partial charge < -0.3 is 20.2 Å². The second-order valence-electron chi connectivity index (χ2n) is 9.56. The van der Waals surface area contributed by atoms with Crippen LogP contribution in [-0.4, -0.2) is 27.8 Å². The van der Waals surface area contributed by atoms with Crippen LogP contribution in [0.3, 0.4) is 0 Å². The van der Waals surface area contributed by atoms with Crippen LogP contribution in [0.1, 0.15) is 49.7 Å². The first kappa shape index (κ1) is 23.9. The summed E-state index contributed by atoms with van der Waals surface area (Å²) in [7, 11) is 2.08. The number of aromatic nitrogens is 1. The summed E-state index contributed by atoms with van der Waals surface area (Å²) in [5.74, 6) is 0.0804. The molecule has 0 saturated carbocycles. The van der Waals surface area contributed by atoms with Crippen molar-refractivity contribution < 1.29 is 5.11 Å². The number of aromatic hydroxyl groups is 1. The maximum atomic E-state index is 10.8. The highest BCUT2D eigenvalue weighted by Crippen LogP contribution is 2.49. The van der Waals surface area contributed by atoms with Crippen LogP contribution in [0.15, 0.2) is 60.8 Å². The van der Waals surface area contributed by atoms with E-state index >= 15 is 0 Å². The fourth-order valence-electron chi connectivity index (χ4n) is 5.03. The van der Waals surface area contributed by atoms with Crippen molar-refractivity contribution in [2.45, 2.75) is 38.4 Å². The Bertz CT molecular complexity index is 1360. The lowest BCUT2D eigenvalue weighted by Gasteiger charge is -2.41. The van der Waals surface area contributed by atoms with E-state index in [0.717, 1.165) is 22.5 Å². The number of hydrogen-bond donors (Lipinski definition) is 2. The average Bonchev–Trinajstić information content (AvgIpc) is 3.16. The molecule has 2 aliphatic heterocycles. The molecule has 180 valence electrons. The van der Waals surface area contributed by atoms with E-state index in [-0.39, 0.29) is 23.4 Å². The van der Waals surface area contributed by atoms with Gasteiger partial charge >= 0.3 is 0 Å². The van der Waals surface area contributed by atoms with Gasteiger partial charge in [0.05, 0.1) is 29.0 Å². The monoisotopic (exact) mass is 524 g/mol. The fraction of sp³-hybridized carbons (Fsp3) is 0.259. The van der Waals surface area contributed by atoms with Crippen LogP contribution in [-0.2, 0) is 0 Å². The summed E-state index contributed by atoms with van der Waals surface area (Å²) in [6.45, 7) is 6.49. The lowest BCUT2D eigenvalue weighted by atomic mass is 9.86. The minimum absolute atomic E-state index is 0.0804. The molecule has 35 heavy (non-hydrogen) atoms. The Labute approximate surface area is 221 Å². The second-order valence-corrected chi connectivity index (χ2v) is 10.8. The van der Waals surface area contributed by atoms with E-state index in [4.69, 9.17) is 35.4 Å². The number of nitrogens with zero attached hydrogens (tertiary/aromatic N) is 3. The number of hydrogen-bond acceptors (Lipinski definition) is 4. The normalized spacial score (nSPS) is 21.0. The Kier molecular flexibility index (Phi) is 5.94. The third-order valence-corrected chi connectivity index (χ3v) is 7.83. The van der Waals surface area contributed by atoms with Crippen LogP contribution in [0.2, 0.25) is 10.0 Å². The zero-order valence-corrected chi connectivity index (χ0v) is 22.2. The number of nitrogens with one attached hydrogen (secondary N) is 1. The van der Waals surface area contributed by atoms with Crippen LogP contribution in [0, 0.1) is 0 Å². The van der Waals surface area contributed by atoms with Gasteiger partial charge in [0, 0.05) is 34.5 Å². The van der Waals surface area contributed by atoms with Gasteiger partial charge in [-0.15, -0.1) is 0 Å². The molecule has 3 aromatic rings. The number of rotatable bonds is 3. The number of likely N-dealkylation sites (N-methyl/N-ethyl adjacent to an activating group) is 1. The first-order chi connectivity index (χ1) is 16.6. The largest absolute Gasteiger partial charge is 0.506 e. The lowest BCUT2D eigenvalue weighted by molar-refractivity contribution is 0.473. The Morgan fingerprint density at radius 3 is 2.57 bits per heavy atom. The molecule has 5 rings (SSSR count). The van der Waals surface area contributed by atoms with Gasteiger partial charge in [-0.1, -0.05) is 35.3 Å². The maximum Gasteiger partial charge on any atom is 0.174 e. The summed E-state index contributed by atoms with van der Waals surface area (Å²) in [6.07, 6.45) is 4.02. The SMILES string of the molecule is CC1=CC(C)(C)N(C)c2cc(Cl)c([C@H]3[C@H](c4ccccn4)NC(=S)N3c3cc(Cl)ccc3O)cc21. The molecule has 8 heteroatoms. The molecular formula is C27H26Cl2N4OS. The summed E-state index contributed by atoms with van der Waals surface area (Å²) in [4.78, 5) is 8.73. The van der Waals surface area contributed by atoms with Crippen molar-refractivity contribution in [1.29, 1.82) is 0 Å². The topological polar surface area (TPSA) is 51.6 Å². The van der Waals surface area contributed by atoms with Crippen molar-refractivity contribution in [2.24, 2.45) is 0 Å². The number of halogens is 2. The van der Waals surface area contributed by atoms with E-state index in [9.17, 15) is 5.11 Å². The number of thiocarbonyl (C=S) groups is 1. The van der Waals surface area contributed by atoms with Crippen LogP contribution in [0.25, 0.3) is 5.57 Å². The molecule has 0 bridgehead atoms. The number of pyridine rings is 1. The molecule has 0 aliphatic carbocycles. The fourth-order valence-corrected chi connectivity index (χ4v) is 5.81. The van der Waals surface area contributed by atoms with E-state index in [1.807, 2.05) is 29.2 Å². The Hall–Kier alpha value is -2.80. The molecule has 5 nitrogen and oxygen atoms in total. The molecule has 0 radical (unpaired) electrons. The number of anilines is 2. The predicted molar refractivity (Wildman–Crippen MR) is 149 cm³/mol. The molecule has 2 aromatic carbocycles. The minimum Gasteiger partial charge on any atom is -0.506 e. The van der Waals surface area contributed by atoms with Crippen molar-refractivity contribution in [2.75, 3.05) is 16.8 Å². The van der Waals surface area contributed by atoms with Crippen molar-refractivity contribution >= 4 is 57.5 Å². The third kappa shape index (κ3) is 4.03. The van der Waals surface area contributed by atoms with Gasteiger partial charge in [0.2, 0.25) is 0 Å². The van der Waals surface area contributed by atoms with Gasteiger partial charge in [-0.3, -0.25) is 4.98 Å². The quantitative estimate of drug-likeness (QED) is 0.363. The molecule has 0 amide bonds. The summed E-state index contributed by atoms with van der Waals surface area (Å²) in [6, 6.07) is 14.2. The van der Waals surface area contributed by atoms with E-state index < -0.39 is 0 Å². The number of allylic oxidation sites excluding steroid dienone is 1. The average molecular weight is 526 g/mol. The highest BCUT2D eigenvalue weighted by Gasteiger charge is 2.43. The minimum atomic E-state index is -0.368. The van der Waals surface area contributed by atoms with Gasteiger partial charge in [-0.2, -0.15) is 0 Å². The van der Waals surface area contributed by atoms with Gasteiger partial charge in [0.25, 0.3) is 0 Å². The summed E-state index contributed by atoms with van der Waals surface area (Å²) in [5.41, 5.74) is 5.45. The summed E-state index contributed by atoms with van der Waals surface area (Å²) in [5, 5.41) is 15.8. The Morgan fingerprint density at radius 1 is 1.09 bits per heavy atom. The van der Waals surface area contributed by atoms with E-state index in [1.54, 1.807) is 24.4 Å². The molecule has 1 fully saturated rings. The lowest BCUT2D eigenvalue weighted by Crippen LogP contribution is -2.42. The van der Waals surface area contributed by atoms with Crippen LogP contribution in [0.4, 0.5) is 11.4 Å². The van der Waals surface area contributed by atoms with Crippen LogP contribution >= 0.6 is 35.4 Å². The first-order valence-electron chi connectivity index (χ1n) is 11.3. The maximum absolute atomic E-state index is 10.8. The van der Waals surface area contributed by atoms with Gasteiger partial charge in [-0.05, 0) is 86.6 Å². The zero-order chi connectivity index (χ0) is 25.1. The van der Waals surface area contributed by atoms with Crippen molar-refractivity contribution in [3.63, 3.8) is 0 Å². The second kappa shape index (κ2) is 8.70. The number of fused-ring (bicyclic) bond motifs is 1. The summed E-state index contributed by atoms with van der Waals surface area (Å²) < 4.78 is 0. The van der Waals surface area contributed by atoms with E-state index in [0.29, 0.717) is 20.8 Å². The highest BCUT2D eigenvalue weighted by molar-refractivity contribution is 7.80. The van der Waals surface area contributed by atoms with Gasteiger partial charge in [0.1, 0.15) is 5.75 Å². The molecular weight excluding hydrogens is 499 g/mol.